The second-order valence-electron chi connectivity index (χ2n) is 3.44. The fourth-order valence-electron chi connectivity index (χ4n) is 1.13. The predicted molar refractivity (Wildman–Crippen MR) is 56.3 cm³/mol. The zero-order chi connectivity index (χ0) is 10.6. The van der Waals surface area contributed by atoms with E-state index in [0.717, 1.165) is 12.0 Å². The average molecular weight is 192 g/mol. The molecule has 0 spiro atoms. The molecule has 2 heteroatoms. The van der Waals surface area contributed by atoms with Crippen molar-refractivity contribution in [1.29, 1.82) is 0 Å². The van der Waals surface area contributed by atoms with Gasteiger partial charge in [-0.2, -0.15) is 0 Å². The lowest BCUT2D eigenvalue weighted by Crippen LogP contribution is -2.14. The Morgan fingerprint density at radius 2 is 2.07 bits per heavy atom. The van der Waals surface area contributed by atoms with Crippen LogP contribution in [0.15, 0.2) is 24.3 Å². The van der Waals surface area contributed by atoms with E-state index in [1.807, 2.05) is 39.0 Å². The largest absolute Gasteiger partial charge is 0.459 e. The summed E-state index contributed by atoms with van der Waals surface area (Å²) >= 11 is 0. The first kappa shape index (κ1) is 10.8. The van der Waals surface area contributed by atoms with E-state index in [1.165, 1.54) is 0 Å². The number of carbonyl (C=O) groups is 1. The van der Waals surface area contributed by atoms with Gasteiger partial charge in [0.2, 0.25) is 0 Å². The summed E-state index contributed by atoms with van der Waals surface area (Å²) in [5.74, 6) is -0.225. The average Bonchev–Trinajstić information content (AvgIpc) is 2.18. The third-order valence-electron chi connectivity index (χ3n) is 2.25. The molecule has 2 nitrogen and oxygen atoms in total. The van der Waals surface area contributed by atoms with Gasteiger partial charge < -0.3 is 4.74 Å². The molecule has 0 saturated heterocycles. The molecule has 14 heavy (non-hydrogen) atoms. The van der Waals surface area contributed by atoms with E-state index in [4.69, 9.17) is 4.74 Å². The molecule has 0 radical (unpaired) electrons. The summed E-state index contributed by atoms with van der Waals surface area (Å²) in [5.41, 5.74) is 1.62. The summed E-state index contributed by atoms with van der Waals surface area (Å²) in [5, 5.41) is 0. The summed E-state index contributed by atoms with van der Waals surface area (Å²) in [4.78, 5) is 11.6. The second-order valence-corrected chi connectivity index (χ2v) is 3.44. The molecule has 1 aromatic carbocycles. The lowest BCUT2D eigenvalue weighted by atomic mass is 10.1. The van der Waals surface area contributed by atoms with Gasteiger partial charge in [0.25, 0.3) is 0 Å². The molecule has 0 amide bonds. The van der Waals surface area contributed by atoms with Gasteiger partial charge in [0, 0.05) is 0 Å². The minimum absolute atomic E-state index is 0.0119. The summed E-state index contributed by atoms with van der Waals surface area (Å²) in [7, 11) is 0. The molecule has 0 aliphatic carbocycles. The van der Waals surface area contributed by atoms with Crippen LogP contribution in [-0.4, -0.2) is 12.1 Å². The molecule has 0 fully saturated rings. The number of aryl methyl sites for hydroxylation is 1. The fraction of sp³-hybridized carbons (Fsp3) is 0.417. The van der Waals surface area contributed by atoms with Gasteiger partial charge in [-0.05, 0) is 31.9 Å². The standard InChI is InChI=1S/C12H16O2/c1-4-10(3)14-12(13)11-8-6-5-7-9(11)2/h5-8,10H,4H2,1-3H3. The van der Waals surface area contributed by atoms with E-state index in [0.29, 0.717) is 5.56 Å². The van der Waals surface area contributed by atoms with E-state index in [-0.39, 0.29) is 12.1 Å². The van der Waals surface area contributed by atoms with Crippen molar-refractivity contribution in [3.05, 3.63) is 35.4 Å². The van der Waals surface area contributed by atoms with Gasteiger partial charge in [0.15, 0.2) is 0 Å². The van der Waals surface area contributed by atoms with Crippen LogP contribution < -0.4 is 0 Å². The van der Waals surface area contributed by atoms with Gasteiger partial charge in [-0.3, -0.25) is 0 Å². The van der Waals surface area contributed by atoms with Crippen molar-refractivity contribution in [3.8, 4) is 0 Å². The van der Waals surface area contributed by atoms with E-state index < -0.39 is 0 Å². The van der Waals surface area contributed by atoms with Crippen LogP contribution in [0.1, 0.15) is 36.2 Å². The highest BCUT2D eigenvalue weighted by molar-refractivity contribution is 5.91. The second kappa shape index (κ2) is 4.80. The Bertz CT molecular complexity index is 318. The number of hydrogen-bond donors (Lipinski definition) is 0. The maximum Gasteiger partial charge on any atom is 0.338 e. The van der Waals surface area contributed by atoms with Crippen LogP contribution in [0.3, 0.4) is 0 Å². The molecule has 0 N–H and O–H groups in total. The van der Waals surface area contributed by atoms with Crippen molar-refractivity contribution in [2.45, 2.75) is 33.3 Å². The van der Waals surface area contributed by atoms with Crippen LogP contribution in [0.25, 0.3) is 0 Å². The van der Waals surface area contributed by atoms with E-state index in [1.54, 1.807) is 6.07 Å². The molecular formula is C12H16O2. The highest BCUT2D eigenvalue weighted by Gasteiger charge is 2.11. The minimum Gasteiger partial charge on any atom is -0.459 e. The molecule has 1 rings (SSSR count). The van der Waals surface area contributed by atoms with Crippen molar-refractivity contribution in [2.75, 3.05) is 0 Å². The third-order valence-corrected chi connectivity index (χ3v) is 2.25. The number of carbonyl (C=O) groups excluding carboxylic acids is 1. The van der Waals surface area contributed by atoms with Crippen molar-refractivity contribution in [1.82, 2.24) is 0 Å². The molecule has 0 aliphatic rings. The highest BCUT2D eigenvalue weighted by atomic mass is 16.5. The highest BCUT2D eigenvalue weighted by Crippen LogP contribution is 2.10. The number of esters is 1. The molecule has 0 bridgehead atoms. The Morgan fingerprint density at radius 1 is 1.43 bits per heavy atom. The Balaban J connectivity index is 2.75. The normalized spacial score (nSPS) is 12.2. The monoisotopic (exact) mass is 192 g/mol. The van der Waals surface area contributed by atoms with Crippen LogP contribution in [0, 0.1) is 6.92 Å². The Labute approximate surface area is 84.9 Å². The zero-order valence-corrected chi connectivity index (χ0v) is 8.91. The Kier molecular flexibility index (Phi) is 3.69. The topological polar surface area (TPSA) is 26.3 Å². The van der Waals surface area contributed by atoms with Gasteiger partial charge in [-0.25, -0.2) is 4.79 Å². The third kappa shape index (κ3) is 2.59. The SMILES string of the molecule is CCC(C)OC(=O)c1ccccc1C. The number of rotatable bonds is 3. The summed E-state index contributed by atoms with van der Waals surface area (Å²) in [6, 6.07) is 7.46. The van der Waals surface area contributed by atoms with E-state index in [9.17, 15) is 4.79 Å². The van der Waals surface area contributed by atoms with Gasteiger partial charge in [0.05, 0.1) is 11.7 Å². The summed E-state index contributed by atoms with van der Waals surface area (Å²) in [6.45, 7) is 5.80. The summed E-state index contributed by atoms with van der Waals surface area (Å²) in [6.07, 6.45) is 0.833. The van der Waals surface area contributed by atoms with Gasteiger partial charge in [0.1, 0.15) is 0 Å². The van der Waals surface area contributed by atoms with Crippen LogP contribution in [0.4, 0.5) is 0 Å². The van der Waals surface area contributed by atoms with Crippen LogP contribution >= 0.6 is 0 Å². The first-order valence-corrected chi connectivity index (χ1v) is 4.91. The predicted octanol–water partition coefficient (Wildman–Crippen LogP) is 2.95. The lowest BCUT2D eigenvalue weighted by Gasteiger charge is -2.11. The lowest BCUT2D eigenvalue weighted by molar-refractivity contribution is 0.0333. The maximum atomic E-state index is 11.6. The molecule has 76 valence electrons. The number of ether oxygens (including phenoxy) is 1. The van der Waals surface area contributed by atoms with Crippen molar-refractivity contribution >= 4 is 5.97 Å². The van der Waals surface area contributed by atoms with Gasteiger partial charge in [-0.15, -0.1) is 0 Å². The van der Waals surface area contributed by atoms with Crippen LogP contribution in [-0.2, 0) is 4.74 Å². The molecule has 1 atom stereocenters. The minimum atomic E-state index is -0.225. The van der Waals surface area contributed by atoms with Crippen LogP contribution in [0.5, 0.6) is 0 Å². The van der Waals surface area contributed by atoms with Crippen molar-refractivity contribution in [2.24, 2.45) is 0 Å². The molecule has 0 aromatic heterocycles. The summed E-state index contributed by atoms with van der Waals surface area (Å²) < 4.78 is 5.23. The first-order chi connectivity index (χ1) is 6.65. The zero-order valence-electron chi connectivity index (χ0n) is 8.91. The smallest absolute Gasteiger partial charge is 0.338 e. The molecule has 0 heterocycles. The fourth-order valence-corrected chi connectivity index (χ4v) is 1.13. The van der Waals surface area contributed by atoms with E-state index >= 15 is 0 Å². The van der Waals surface area contributed by atoms with Crippen molar-refractivity contribution in [3.63, 3.8) is 0 Å². The quantitative estimate of drug-likeness (QED) is 0.688. The van der Waals surface area contributed by atoms with Gasteiger partial charge >= 0.3 is 5.97 Å². The molecular weight excluding hydrogens is 176 g/mol. The number of benzene rings is 1. The van der Waals surface area contributed by atoms with Gasteiger partial charge in [-0.1, -0.05) is 25.1 Å². The molecule has 0 aliphatic heterocycles. The van der Waals surface area contributed by atoms with Crippen LogP contribution in [0.2, 0.25) is 0 Å². The van der Waals surface area contributed by atoms with E-state index in [2.05, 4.69) is 0 Å². The number of hydrogen-bond acceptors (Lipinski definition) is 2. The molecule has 1 unspecified atom stereocenters. The Morgan fingerprint density at radius 3 is 2.64 bits per heavy atom. The first-order valence-electron chi connectivity index (χ1n) is 4.91. The molecule has 0 saturated carbocycles. The van der Waals surface area contributed by atoms with Crippen molar-refractivity contribution < 1.29 is 9.53 Å². The maximum absolute atomic E-state index is 11.6. The Hall–Kier alpha value is -1.31. The molecule has 1 aromatic rings.